The van der Waals surface area contributed by atoms with Gasteiger partial charge in [0.25, 0.3) is 0 Å². The molecule has 2 rings (SSSR count). The normalized spacial score (nSPS) is 11.6. The van der Waals surface area contributed by atoms with E-state index in [4.69, 9.17) is 23.2 Å². The molecule has 0 N–H and O–H groups in total. The first-order valence-electron chi connectivity index (χ1n) is 5.29. The molecule has 1 atom stereocenters. The zero-order valence-electron chi connectivity index (χ0n) is 9.55. The Bertz CT molecular complexity index is 653. The number of rotatable bonds is 3. The molecule has 0 saturated heterocycles. The van der Waals surface area contributed by atoms with Crippen molar-refractivity contribution < 1.29 is 4.79 Å². The quantitative estimate of drug-likeness (QED) is 0.814. The summed E-state index contributed by atoms with van der Waals surface area (Å²) in [6.07, 6.45) is 2.89. The average Bonchev–Trinajstić information content (AvgIpc) is 2.42. The molecule has 0 spiro atoms. The van der Waals surface area contributed by atoms with Crippen molar-refractivity contribution in [1.29, 1.82) is 5.26 Å². The van der Waals surface area contributed by atoms with Gasteiger partial charge in [-0.15, -0.1) is 0 Å². The number of carbonyl (C=O) groups is 1. The van der Waals surface area contributed by atoms with Crippen LogP contribution in [0.2, 0.25) is 10.0 Å². The maximum atomic E-state index is 12.2. The first-order chi connectivity index (χ1) is 9.13. The fraction of sp³-hybridized carbons (Fsp3) is 0.0769. The number of halogens is 2. The van der Waals surface area contributed by atoms with Gasteiger partial charge in [-0.1, -0.05) is 29.3 Å². The molecule has 94 valence electrons. The predicted molar refractivity (Wildman–Crippen MR) is 71.2 cm³/mol. The summed E-state index contributed by atoms with van der Waals surface area (Å²) in [6, 6.07) is 8.13. The van der Waals surface area contributed by atoms with Crippen molar-refractivity contribution >= 4 is 29.0 Å². The zero-order valence-corrected chi connectivity index (χ0v) is 11.1. The molecule has 0 fully saturated rings. The van der Waals surface area contributed by atoms with E-state index in [2.05, 4.69) is 9.97 Å². The minimum absolute atomic E-state index is 0.0138. The molecule has 0 bridgehead atoms. The van der Waals surface area contributed by atoms with E-state index in [1.54, 1.807) is 18.2 Å². The van der Waals surface area contributed by atoms with Gasteiger partial charge < -0.3 is 0 Å². The molecular formula is C13H7Cl2N3O. The van der Waals surface area contributed by atoms with Gasteiger partial charge in [0, 0.05) is 22.4 Å². The van der Waals surface area contributed by atoms with E-state index in [9.17, 15) is 10.1 Å². The Labute approximate surface area is 119 Å². The summed E-state index contributed by atoms with van der Waals surface area (Å²) in [4.78, 5) is 19.9. The minimum Gasteiger partial charge on any atom is -0.289 e. The highest BCUT2D eigenvalue weighted by Crippen LogP contribution is 2.28. The Kier molecular flexibility index (Phi) is 4.10. The van der Waals surface area contributed by atoms with Crippen molar-refractivity contribution in [2.45, 2.75) is 5.92 Å². The Morgan fingerprint density at radius 1 is 1.26 bits per heavy atom. The van der Waals surface area contributed by atoms with Gasteiger partial charge in [0.05, 0.1) is 6.07 Å². The summed E-state index contributed by atoms with van der Waals surface area (Å²) in [5.74, 6) is -1.56. The number of ketones is 1. The van der Waals surface area contributed by atoms with Crippen LogP contribution in [0, 0.1) is 11.3 Å². The topological polar surface area (TPSA) is 66.6 Å². The van der Waals surface area contributed by atoms with E-state index in [0.29, 0.717) is 10.6 Å². The number of nitrogens with zero attached hydrogens (tertiary/aromatic N) is 3. The van der Waals surface area contributed by atoms with Gasteiger partial charge >= 0.3 is 0 Å². The lowest BCUT2D eigenvalue weighted by Crippen LogP contribution is -2.14. The highest BCUT2D eigenvalue weighted by atomic mass is 35.5. The largest absolute Gasteiger partial charge is 0.289 e. The van der Waals surface area contributed by atoms with E-state index in [1.807, 2.05) is 6.07 Å². The predicted octanol–water partition coefficient (Wildman–Crippen LogP) is 3.27. The van der Waals surface area contributed by atoms with Crippen LogP contribution in [-0.2, 0) is 0 Å². The third kappa shape index (κ3) is 2.90. The van der Waals surface area contributed by atoms with Crippen molar-refractivity contribution in [1.82, 2.24) is 9.97 Å². The maximum Gasteiger partial charge on any atom is 0.221 e. The molecule has 2 aromatic rings. The number of benzene rings is 1. The van der Waals surface area contributed by atoms with Gasteiger partial charge in [-0.2, -0.15) is 5.26 Å². The van der Waals surface area contributed by atoms with Gasteiger partial charge in [-0.3, -0.25) is 4.79 Å². The van der Waals surface area contributed by atoms with Crippen LogP contribution < -0.4 is 0 Å². The van der Waals surface area contributed by atoms with Gasteiger partial charge in [-0.05, 0) is 23.8 Å². The Morgan fingerprint density at radius 3 is 2.53 bits per heavy atom. The van der Waals surface area contributed by atoms with E-state index < -0.39 is 11.7 Å². The van der Waals surface area contributed by atoms with Gasteiger partial charge in [0.15, 0.2) is 5.82 Å². The Balaban J connectivity index is 2.41. The molecule has 0 radical (unpaired) electrons. The van der Waals surface area contributed by atoms with E-state index in [1.165, 1.54) is 18.5 Å². The fourth-order valence-electron chi connectivity index (χ4n) is 1.56. The van der Waals surface area contributed by atoms with Crippen LogP contribution in [0.1, 0.15) is 22.1 Å². The van der Waals surface area contributed by atoms with Crippen LogP contribution in [0.15, 0.2) is 36.7 Å². The van der Waals surface area contributed by atoms with Crippen molar-refractivity contribution in [2.24, 2.45) is 0 Å². The molecule has 4 nitrogen and oxygen atoms in total. The first-order valence-corrected chi connectivity index (χ1v) is 6.05. The molecule has 0 aliphatic rings. The molecular weight excluding hydrogens is 285 g/mol. The standard InChI is InChI=1S/C13H7Cl2N3O/c14-8-2-3-9(11(15)6-8)10(7-16)12(19)13-17-4-1-5-18-13/h1-6,10H. The number of aromatic nitrogens is 2. The van der Waals surface area contributed by atoms with Crippen molar-refractivity contribution in [3.8, 4) is 6.07 Å². The van der Waals surface area contributed by atoms with Gasteiger partial charge in [0.2, 0.25) is 5.78 Å². The average molecular weight is 292 g/mol. The molecule has 0 aliphatic heterocycles. The Morgan fingerprint density at radius 2 is 1.95 bits per heavy atom. The van der Waals surface area contributed by atoms with Crippen LogP contribution >= 0.6 is 23.2 Å². The summed E-state index contributed by atoms with van der Waals surface area (Å²) in [6.45, 7) is 0. The number of hydrogen-bond donors (Lipinski definition) is 0. The van der Waals surface area contributed by atoms with E-state index in [0.717, 1.165) is 0 Å². The third-order valence-electron chi connectivity index (χ3n) is 2.45. The number of carbonyl (C=O) groups excluding carboxylic acids is 1. The van der Waals surface area contributed by atoms with E-state index >= 15 is 0 Å². The smallest absolute Gasteiger partial charge is 0.221 e. The lowest BCUT2D eigenvalue weighted by molar-refractivity contribution is 0.0968. The lowest BCUT2D eigenvalue weighted by Gasteiger charge is -2.09. The molecule has 1 heterocycles. The highest BCUT2D eigenvalue weighted by Gasteiger charge is 2.25. The highest BCUT2D eigenvalue weighted by molar-refractivity contribution is 6.35. The minimum atomic E-state index is -1.05. The maximum absolute atomic E-state index is 12.2. The van der Waals surface area contributed by atoms with Gasteiger partial charge in [0.1, 0.15) is 5.92 Å². The van der Waals surface area contributed by atoms with Crippen molar-refractivity contribution in [3.05, 3.63) is 58.1 Å². The monoisotopic (exact) mass is 291 g/mol. The lowest BCUT2D eigenvalue weighted by atomic mass is 9.95. The number of hydrogen-bond acceptors (Lipinski definition) is 4. The van der Waals surface area contributed by atoms with Crippen molar-refractivity contribution in [3.63, 3.8) is 0 Å². The van der Waals surface area contributed by atoms with Crippen LogP contribution in [0.3, 0.4) is 0 Å². The third-order valence-corrected chi connectivity index (χ3v) is 3.01. The molecule has 0 saturated carbocycles. The first kappa shape index (κ1) is 13.5. The van der Waals surface area contributed by atoms with Crippen molar-refractivity contribution in [2.75, 3.05) is 0 Å². The SMILES string of the molecule is N#CC(C(=O)c1ncccn1)c1ccc(Cl)cc1Cl. The zero-order chi connectivity index (χ0) is 13.8. The summed E-state index contributed by atoms with van der Waals surface area (Å²) < 4.78 is 0. The number of Topliss-reactive ketones (excluding diaryl/α,β-unsaturated/α-hetero) is 1. The number of nitriles is 1. The summed E-state index contributed by atoms with van der Waals surface area (Å²) in [5, 5.41) is 9.89. The van der Waals surface area contributed by atoms with Crippen LogP contribution in [0.4, 0.5) is 0 Å². The summed E-state index contributed by atoms with van der Waals surface area (Å²) >= 11 is 11.8. The van der Waals surface area contributed by atoms with E-state index in [-0.39, 0.29) is 10.8 Å². The Hall–Kier alpha value is -1.96. The molecule has 0 aliphatic carbocycles. The molecule has 1 unspecified atom stereocenters. The molecule has 19 heavy (non-hydrogen) atoms. The molecule has 6 heteroatoms. The van der Waals surface area contributed by atoms with Gasteiger partial charge in [-0.25, -0.2) is 9.97 Å². The van der Waals surface area contributed by atoms with Crippen LogP contribution in [0.25, 0.3) is 0 Å². The fourth-order valence-corrected chi connectivity index (χ4v) is 2.08. The van der Waals surface area contributed by atoms with Crippen LogP contribution in [-0.4, -0.2) is 15.8 Å². The van der Waals surface area contributed by atoms with Crippen LogP contribution in [0.5, 0.6) is 0 Å². The second-order valence-electron chi connectivity index (χ2n) is 3.66. The molecule has 1 aromatic carbocycles. The second kappa shape index (κ2) is 5.79. The summed E-state index contributed by atoms with van der Waals surface area (Å²) in [5.41, 5.74) is 0.394. The summed E-state index contributed by atoms with van der Waals surface area (Å²) in [7, 11) is 0. The molecule has 0 amide bonds. The second-order valence-corrected chi connectivity index (χ2v) is 4.51. The molecule has 1 aromatic heterocycles.